The monoisotopic (exact) mass is 249 g/mol. The number of hydrogen-bond donors (Lipinski definition) is 1. The minimum Gasteiger partial charge on any atom is -0.466 e. The third kappa shape index (κ3) is 3.06. The van der Waals surface area contributed by atoms with Crippen LogP contribution >= 0.6 is 0 Å². The molecule has 0 spiro atoms. The maximum absolute atomic E-state index is 5.53. The van der Waals surface area contributed by atoms with E-state index >= 15 is 0 Å². The summed E-state index contributed by atoms with van der Waals surface area (Å²) in [6.07, 6.45) is 2.54. The lowest BCUT2D eigenvalue weighted by Crippen LogP contribution is -2.39. The van der Waals surface area contributed by atoms with Crippen LogP contribution in [0, 0.1) is 13.8 Å². The van der Waals surface area contributed by atoms with Crippen molar-refractivity contribution in [3.63, 3.8) is 0 Å². The topological polar surface area (TPSA) is 40.8 Å². The van der Waals surface area contributed by atoms with Crippen LogP contribution < -0.4 is 5.32 Å². The smallest absolute Gasteiger partial charge is 0.194 e. The second-order valence-electron chi connectivity index (χ2n) is 4.80. The lowest BCUT2D eigenvalue weighted by molar-refractivity contribution is 0.491. The van der Waals surface area contributed by atoms with Gasteiger partial charge in [-0.05, 0) is 39.7 Å². The van der Waals surface area contributed by atoms with Crippen LogP contribution in [0.4, 0.5) is 0 Å². The van der Waals surface area contributed by atoms with E-state index in [1.807, 2.05) is 13.8 Å². The molecule has 18 heavy (non-hydrogen) atoms. The number of rotatable bonds is 3. The van der Waals surface area contributed by atoms with E-state index in [2.05, 4.69) is 23.2 Å². The van der Waals surface area contributed by atoms with Crippen molar-refractivity contribution in [2.24, 2.45) is 4.99 Å². The maximum Gasteiger partial charge on any atom is 0.194 e. The fourth-order valence-corrected chi connectivity index (χ4v) is 2.36. The molecule has 4 heteroatoms. The third-order valence-corrected chi connectivity index (χ3v) is 3.28. The largest absolute Gasteiger partial charge is 0.466 e. The first-order chi connectivity index (χ1) is 8.70. The Bertz CT molecular complexity index is 417. The van der Waals surface area contributed by atoms with Crippen LogP contribution in [0.2, 0.25) is 0 Å². The summed E-state index contributed by atoms with van der Waals surface area (Å²) in [5, 5.41) is 3.37. The van der Waals surface area contributed by atoms with Gasteiger partial charge >= 0.3 is 0 Å². The summed E-state index contributed by atoms with van der Waals surface area (Å²) in [6, 6.07) is 2.08. The predicted molar refractivity (Wildman–Crippen MR) is 73.8 cm³/mol. The van der Waals surface area contributed by atoms with E-state index in [1.165, 1.54) is 18.4 Å². The second kappa shape index (κ2) is 5.94. The van der Waals surface area contributed by atoms with Gasteiger partial charge in [-0.25, -0.2) is 4.99 Å². The Labute approximate surface area is 109 Å². The molecule has 1 aliphatic heterocycles. The number of likely N-dealkylation sites (tertiary alicyclic amines) is 1. The highest BCUT2D eigenvalue weighted by Crippen LogP contribution is 2.15. The maximum atomic E-state index is 5.53. The average Bonchev–Trinajstić information content (AvgIpc) is 2.95. The molecule has 0 atom stereocenters. The van der Waals surface area contributed by atoms with E-state index in [4.69, 9.17) is 9.41 Å². The summed E-state index contributed by atoms with van der Waals surface area (Å²) in [5.41, 5.74) is 1.18. The van der Waals surface area contributed by atoms with Gasteiger partial charge in [-0.3, -0.25) is 0 Å². The molecule has 0 radical (unpaired) electrons. The van der Waals surface area contributed by atoms with Crippen molar-refractivity contribution in [2.45, 2.75) is 40.2 Å². The molecule has 4 nitrogen and oxygen atoms in total. The van der Waals surface area contributed by atoms with Crippen molar-refractivity contribution in [3.05, 3.63) is 23.2 Å². The Morgan fingerprint density at radius 2 is 2.11 bits per heavy atom. The highest BCUT2D eigenvalue weighted by atomic mass is 16.3. The first-order valence-corrected chi connectivity index (χ1v) is 6.80. The zero-order chi connectivity index (χ0) is 13.0. The summed E-state index contributed by atoms with van der Waals surface area (Å²) in [7, 11) is 0. The third-order valence-electron chi connectivity index (χ3n) is 3.28. The minimum absolute atomic E-state index is 0.696. The molecule has 0 amide bonds. The van der Waals surface area contributed by atoms with Crippen molar-refractivity contribution < 1.29 is 4.42 Å². The lowest BCUT2D eigenvalue weighted by atomic mass is 10.2. The Morgan fingerprint density at radius 1 is 1.39 bits per heavy atom. The number of guanidine groups is 1. The molecular weight excluding hydrogens is 226 g/mol. The van der Waals surface area contributed by atoms with Crippen molar-refractivity contribution in [1.29, 1.82) is 0 Å². The van der Waals surface area contributed by atoms with Crippen molar-refractivity contribution in [1.82, 2.24) is 10.2 Å². The molecule has 1 aromatic heterocycles. The van der Waals surface area contributed by atoms with Gasteiger partial charge in [0.2, 0.25) is 0 Å². The van der Waals surface area contributed by atoms with Crippen molar-refractivity contribution >= 4 is 5.96 Å². The van der Waals surface area contributed by atoms with Gasteiger partial charge in [-0.1, -0.05) is 0 Å². The van der Waals surface area contributed by atoms with Gasteiger partial charge in [-0.15, -0.1) is 0 Å². The van der Waals surface area contributed by atoms with Gasteiger partial charge in [0.1, 0.15) is 11.5 Å². The molecule has 2 heterocycles. The normalized spacial score (nSPS) is 16.4. The summed E-state index contributed by atoms with van der Waals surface area (Å²) in [6.45, 7) is 9.94. The molecule has 0 aromatic carbocycles. The zero-order valence-corrected chi connectivity index (χ0v) is 11.6. The molecular formula is C14H23N3O. The van der Waals surface area contributed by atoms with E-state index in [1.54, 1.807) is 0 Å². The fourth-order valence-electron chi connectivity index (χ4n) is 2.36. The van der Waals surface area contributed by atoms with Gasteiger partial charge in [0.05, 0.1) is 6.54 Å². The molecule has 1 fully saturated rings. The minimum atomic E-state index is 0.696. The van der Waals surface area contributed by atoms with Gasteiger partial charge in [0.25, 0.3) is 0 Å². The van der Waals surface area contributed by atoms with Crippen LogP contribution in [0.25, 0.3) is 0 Å². The molecule has 1 N–H and O–H groups in total. The van der Waals surface area contributed by atoms with Crippen LogP contribution in [0.15, 0.2) is 15.5 Å². The number of nitrogens with one attached hydrogen (secondary N) is 1. The molecule has 0 saturated carbocycles. The highest BCUT2D eigenvalue weighted by molar-refractivity contribution is 5.80. The van der Waals surface area contributed by atoms with Gasteiger partial charge in [0.15, 0.2) is 5.96 Å². The van der Waals surface area contributed by atoms with Crippen LogP contribution in [0.5, 0.6) is 0 Å². The van der Waals surface area contributed by atoms with Crippen LogP contribution in [-0.2, 0) is 6.54 Å². The SMILES string of the molecule is CCNC(=NCc1cc(C)oc1C)N1CCCC1. The molecule has 0 unspecified atom stereocenters. The summed E-state index contributed by atoms with van der Waals surface area (Å²) >= 11 is 0. The molecule has 100 valence electrons. The molecule has 0 aliphatic carbocycles. The Balaban J connectivity index is 2.05. The van der Waals surface area contributed by atoms with E-state index in [-0.39, 0.29) is 0 Å². The molecule has 1 aromatic rings. The summed E-state index contributed by atoms with van der Waals surface area (Å²) in [4.78, 5) is 7.05. The van der Waals surface area contributed by atoms with Crippen LogP contribution in [0.3, 0.4) is 0 Å². The number of hydrogen-bond acceptors (Lipinski definition) is 2. The van der Waals surface area contributed by atoms with Crippen LogP contribution in [0.1, 0.15) is 36.8 Å². The van der Waals surface area contributed by atoms with Gasteiger partial charge in [0, 0.05) is 25.2 Å². The Kier molecular flexibility index (Phi) is 4.28. The summed E-state index contributed by atoms with van der Waals surface area (Å²) in [5.74, 6) is 2.98. The Hall–Kier alpha value is -1.45. The first-order valence-electron chi connectivity index (χ1n) is 6.80. The standard InChI is InChI=1S/C14H23N3O/c1-4-15-14(17-7-5-6-8-17)16-10-13-9-11(2)18-12(13)3/h9H,4-8,10H2,1-3H3,(H,15,16). The van der Waals surface area contributed by atoms with E-state index in [0.29, 0.717) is 6.54 Å². The quantitative estimate of drug-likeness (QED) is 0.661. The molecule has 1 aliphatic rings. The van der Waals surface area contributed by atoms with Crippen LogP contribution in [-0.4, -0.2) is 30.5 Å². The number of aryl methyl sites for hydroxylation is 2. The highest BCUT2D eigenvalue weighted by Gasteiger charge is 2.15. The van der Waals surface area contributed by atoms with Gasteiger partial charge < -0.3 is 14.6 Å². The average molecular weight is 249 g/mol. The number of aliphatic imine (C=N–C) groups is 1. The number of nitrogens with zero attached hydrogens (tertiary/aromatic N) is 2. The zero-order valence-electron chi connectivity index (χ0n) is 11.6. The Morgan fingerprint density at radius 3 is 2.67 bits per heavy atom. The van der Waals surface area contributed by atoms with E-state index < -0.39 is 0 Å². The van der Waals surface area contributed by atoms with E-state index in [9.17, 15) is 0 Å². The summed E-state index contributed by atoms with van der Waals surface area (Å²) < 4.78 is 5.53. The molecule has 2 rings (SSSR count). The fraction of sp³-hybridized carbons (Fsp3) is 0.643. The number of furan rings is 1. The molecule has 1 saturated heterocycles. The van der Waals surface area contributed by atoms with Crippen molar-refractivity contribution in [2.75, 3.05) is 19.6 Å². The lowest BCUT2D eigenvalue weighted by Gasteiger charge is -2.20. The first kappa shape index (κ1) is 13.0. The van der Waals surface area contributed by atoms with Gasteiger partial charge in [-0.2, -0.15) is 0 Å². The predicted octanol–water partition coefficient (Wildman–Crippen LogP) is 2.46. The second-order valence-corrected chi connectivity index (χ2v) is 4.80. The van der Waals surface area contributed by atoms with Crippen molar-refractivity contribution in [3.8, 4) is 0 Å². The molecule has 0 bridgehead atoms. The van der Waals surface area contributed by atoms with E-state index in [0.717, 1.165) is 37.1 Å².